The van der Waals surface area contributed by atoms with Crippen molar-refractivity contribution in [1.29, 1.82) is 0 Å². The first-order valence-electron chi connectivity index (χ1n) is 7.90. The van der Waals surface area contributed by atoms with Crippen LogP contribution in [-0.2, 0) is 6.54 Å². The van der Waals surface area contributed by atoms with Crippen molar-refractivity contribution < 1.29 is 18.8 Å². The number of hydrogen-bond donors (Lipinski definition) is 2. The highest BCUT2D eigenvalue weighted by molar-refractivity contribution is 5.74. The summed E-state index contributed by atoms with van der Waals surface area (Å²) < 4.78 is 16.2. The Morgan fingerprint density at radius 3 is 2.71 bits per heavy atom. The highest BCUT2D eigenvalue weighted by atomic mass is 16.6. The predicted octanol–water partition coefficient (Wildman–Crippen LogP) is 2.62. The maximum atomic E-state index is 12.1. The first-order valence-corrected chi connectivity index (χ1v) is 7.90. The second-order valence-corrected chi connectivity index (χ2v) is 5.75. The zero-order chi connectivity index (χ0) is 17.1. The summed E-state index contributed by atoms with van der Waals surface area (Å²) in [4.78, 5) is 12.1. The molecule has 0 saturated carbocycles. The molecule has 0 bridgehead atoms. The largest absolute Gasteiger partial charge is 0.486 e. The van der Waals surface area contributed by atoms with Gasteiger partial charge in [0.15, 0.2) is 11.5 Å². The minimum atomic E-state index is -0.252. The van der Waals surface area contributed by atoms with Gasteiger partial charge in [0.1, 0.15) is 19.0 Å². The molecular formula is C17H21N3O4. The van der Waals surface area contributed by atoms with Crippen LogP contribution in [0.1, 0.15) is 35.5 Å². The van der Waals surface area contributed by atoms with Crippen molar-refractivity contribution in [3.8, 4) is 11.5 Å². The first-order chi connectivity index (χ1) is 11.5. The monoisotopic (exact) mass is 331 g/mol. The molecule has 1 aromatic carbocycles. The molecule has 2 aromatic rings. The van der Waals surface area contributed by atoms with E-state index >= 15 is 0 Å². The predicted molar refractivity (Wildman–Crippen MR) is 87.2 cm³/mol. The Kier molecular flexibility index (Phi) is 4.59. The van der Waals surface area contributed by atoms with Gasteiger partial charge in [0.2, 0.25) is 0 Å². The Hall–Kier alpha value is -2.70. The number of urea groups is 1. The van der Waals surface area contributed by atoms with Gasteiger partial charge in [-0.05, 0) is 38.5 Å². The molecule has 0 radical (unpaired) electrons. The van der Waals surface area contributed by atoms with E-state index < -0.39 is 0 Å². The highest BCUT2D eigenvalue weighted by Crippen LogP contribution is 2.32. The van der Waals surface area contributed by atoms with Crippen molar-refractivity contribution in [3.05, 3.63) is 40.8 Å². The molecule has 0 spiro atoms. The van der Waals surface area contributed by atoms with Gasteiger partial charge in [0, 0.05) is 12.1 Å². The quantitative estimate of drug-likeness (QED) is 0.899. The zero-order valence-electron chi connectivity index (χ0n) is 14.0. The van der Waals surface area contributed by atoms with Gasteiger partial charge in [-0.1, -0.05) is 11.2 Å². The SMILES string of the molecule is Cc1noc(C)c1CNC(=O)NC(C)c1ccc2c(c1)OCCO2. The molecule has 0 aliphatic carbocycles. The lowest BCUT2D eigenvalue weighted by molar-refractivity contribution is 0.171. The second-order valence-electron chi connectivity index (χ2n) is 5.75. The molecule has 7 heteroatoms. The van der Waals surface area contributed by atoms with Crippen molar-refractivity contribution in [3.63, 3.8) is 0 Å². The van der Waals surface area contributed by atoms with Crippen LogP contribution in [0.3, 0.4) is 0 Å². The van der Waals surface area contributed by atoms with Crippen molar-refractivity contribution >= 4 is 6.03 Å². The van der Waals surface area contributed by atoms with E-state index in [9.17, 15) is 4.79 Å². The molecule has 24 heavy (non-hydrogen) atoms. The van der Waals surface area contributed by atoms with Crippen LogP contribution in [-0.4, -0.2) is 24.4 Å². The molecular weight excluding hydrogens is 310 g/mol. The molecule has 7 nitrogen and oxygen atoms in total. The van der Waals surface area contributed by atoms with Gasteiger partial charge in [-0.25, -0.2) is 4.79 Å². The number of rotatable bonds is 4. The smallest absolute Gasteiger partial charge is 0.315 e. The van der Waals surface area contributed by atoms with Gasteiger partial charge < -0.3 is 24.6 Å². The number of fused-ring (bicyclic) bond motifs is 1. The number of ether oxygens (including phenoxy) is 2. The average Bonchev–Trinajstić information content (AvgIpc) is 2.90. The Morgan fingerprint density at radius 2 is 2.00 bits per heavy atom. The maximum absolute atomic E-state index is 12.1. The summed E-state index contributed by atoms with van der Waals surface area (Å²) in [5.41, 5.74) is 2.64. The number of aryl methyl sites for hydroxylation is 2. The summed E-state index contributed by atoms with van der Waals surface area (Å²) in [7, 11) is 0. The standard InChI is InChI=1S/C17H21N3O4/c1-10(13-4-5-15-16(8-13)23-7-6-22-15)19-17(21)18-9-14-11(2)20-24-12(14)3/h4-5,8,10H,6-7,9H2,1-3H3,(H2,18,19,21). The van der Waals surface area contributed by atoms with Gasteiger partial charge in [-0.15, -0.1) is 0 Å². The molecule has 128 valence electrons. The Balaban J connectivity index is 1.58. The Morgan fingerprint density at radius 1 is 1.25 bits per heavy atom. The van der Waals surface area contributed by atoms with Crippen LogP contribution in [0.25, 0.3) is 0 Å². The maximum Gasteiger partial charge on any atom is 0.315 e. The third-order valence-corrected chi connectivity index (χ3v) is 4.02. The Labute approximate surface area is 140 Å². The Bertz CT molecular complexity index is 722. The van der Waals surface area contributed by atoms with Gasteiger partial charge in [-0.3, -0.25) is 0 Å². The van der Waals surface area contributed by atoms with Crippen LogP contribution in [0.15, 0.2) is 22.7 Å². The van der Waals surface area contributed by atoms with E-state index in [0.717, 1.165) is 22.6 Å². The van der Waals surface area contributed by atoms with E-state index in [1.807, 2.05) is 39.0 Å². The van der Waals surface area contributed by atoms with E-state index in [1.165, 1.54) is 0 Å². The average molecular weight is 331 g/mol. The summed E-state index contributed by atoms with van der Waals surface area (Å²) in [6, 6.07) is 5.27. The fraction of sp³-hybridized carbons (Fsp3) is 0.412. The van der Waals surface area contributed by atoms with Gasteiger partial charge in [-0.2, -0.15) is 0 Å². The van der Waals surface area contributed by atoms with E-state index in [0.29, 0.717) is 31.3 Å². The summed E-state index contributed by atoms with van der Waals surface area (Å²) >= 11 is 0. The van der Waals surface area contributed by atoms with Crippen LogP contribution in [0.4, 0.5) is 4.79 Å². The van der Waals surface area contributed by atoms with Crippen molar-refractivity contribution in [2.75, 3.05) is 13.2 Å². The van der Waals surface area contributed by atoms with Crippen LogP contribution in [0.2, 0.25) is 0 Å². The normalized spacial score (nSPS) is 14.1. The molecule has 3 rings (SSSR count). The van der Waals surface area contributed by atoms with E-state index in [4.69, 9.17) is 14.0 Å². The minimum Gasteiger partial charge on any atom is -0.486 e. The fourth-order valence-corrected chi connectivity index (χ4v) is 2.58. The van der Waals surface area contributed by atoms with Gasteiger partial charge in [0.25, 0.3) is 0 Å². The van der Waals surface area contributed by atoms with Crippen LogP contribution >= 0.6 is 0 Å². The van der Waals surface area contributed by atoms with Gasteiger partial charge >= 0.3 is 6.03 Å². The zero-order valence-corrected chi connectivity index (χ0v) is 14.0. The molecule has 2 amide bonds. The van der Waals surface area contributed by atoms with E-state index in [-0.39, 0.29) is 12.1 Å². The number of benzene rings is 1. The van der Waals surface area contributed by atoms with Crippen LogP contribution in [0, 0.1) is 13.8 Å². The summed E-state index contributed by atoms with van der Waals surface area (Å²) in [5, 5.41) is 9.60. The highest BCUT2D eigenvalue weighted by Gasteiger charge is 2.16. The first kappa shape index (κ1) is 16.2. The lowest BCUT2D eigenvalue weighted by Crippen LogP contribution is -2.36. The van der Waals surface area contributed by atoms with Crippen molar-refractivity contribution in [1.82, 2.24) is 15.8 Å². The molecule has 2 heterocycles. The van der Waals surface area contributed by atoms with Crippen molar-refractivity contribution in [2.45, 2.75) is 33.4 Å². The number of carbonyl (C=O) groups excluding carboxylic acids is 1. The summed E-state index contributed by atoms with van der Waals surface area (Å²) in [6.07, 6.45) is 0. The van der Waals surface area contributed by atoms with E-state index in [2.05, 4.69) is 15.8 Å². The van der Waals surface area contributed by atoms with Crippen molar-refractivity contribution in [2.24, 2.45) is 0 Å². The second kappa shape index (κ2) is 6.82. The third-order valence-electron chi connectivity index (χ3n) is 4.02. The summed E-state index contributed by atoms with van der Waals surface area (Å²) in [6.45, 7) is 7.07. The number of aromatic nitrogens is 1. The molecule has 0 saturated heterocycles. The molecule has 1 aliphatic rings. The van der Waals surface area contributed by atoms with Crippen LogP contribution < -0.4 is 20.1 Å². The topological polar surface area (TPSA) is 85.6 Å². The molecule has 1 unspecified atom stereocenters. The number of amides is 2. The molecule has 1 atom stereocenters. The fourth-order valence-electron chi connectivity index (χ4n) is 2.58. The van der Waals surface area contributed by atoms with Crippen LogP contribution in [0.5, 0.6) is 11.5 Å². The summed E-state index contributed by atoms with van der Waals surface area (Å²) in [5.74, 6) is 2.16. The number of hydrogen-bond acceptors (Lipinski definition) is 5. The number of nitrogens with one attached hydrogen (secondary N) is 2. The lowest BCUT2D eigenvalue weighted by atomic mass is 10.1. The van der Waals surface area contributed by atoms with E-state index in [1.54, 1.807) is 0 Å². The molecule has 1 aromatic heterocycles. The third kappa shape index (κ3) is 3.45. The lowest BCUT2D eigenvalue weighted by Gasteiger charge is -2.21. The molecule has 0 fully saturated rings. The number of carbonyl (C=O) groups is 1. The molecule has 1 aliphatic heterocycles. The number of nitrogens with zero attached hydrogens (tertiary/aromatic N) is 1. The minimum absolute atomic E-state index is 0.162. The molecule has 2 N–H and O–H groups in total. The van der Waals surface area contributed by atoms with Gasteiger partial charge in [0.05, 0.1) is 11.7 Å².